The zero-order valence-corrected chi connectivity index (χ0v) is 16.3. The zero-order chi connectivity index (χ0) is 20.3. The number of pyridine rings is 1. The zero-order valence-electron chi connectivity index (χ0n) is 16.3. The third-order valence-electron chi connectivity index (χ3n) is 4.52. The number of hydrogen-bond donors (Lipinski definition) is 0. The van der Waals surface area contributed by atoms with Crippen molar-refractivity contribution < 1.29 is 18.7 Å². The highest BCUT2D eigenvalue weighted by molar-refractivity contribution is 5.79. The van der Waals surface area contributed by atoms with Crippen LogP contribution in [0.15, 0.2) is 45.7 Å². The van der Waals surface area contributed by atoms with Gasteiger partial charge in [0.05, 0.1) is 19.3 Å². The number of aromatic nitrogens is 1. The van der Waals surface area contributed by atoms with Gasteiger partial charge in [-0.2, -0.15) is 0 Å². The largest absolute Gasteiger partial charge is 0.496 e. The summed E-state index contributed by atoms with van der Waals surface area (Å²) < 4.78 is 16.1. The number of hydrogen-bond acceptors (Lipinski definition) is 6. The van der Waals surface area contributed by atoms with Gasteiger partial charge in [0.25, 0.3) is 5.91 Å². The molecule has 146 valence electrons. The average molecular weight is 382 g/mol. The molecule has 7 heteroatoms. The monoisotopic (exact) mass is 382 g/mol. The number of fused-ring (bicyclic) bond motifs is 1. The van der Waals surface area contributed by atoms with Gasteiger partial charge in [-0.25, -0.2) is 4.79 Å². The van der Waals surface area contributed by atoms with Crippen molar-refractivity contribution in [1.29, 1.82) is 0 Å². The summed E-state index contributed by atoms with van der Waals surface area (Å²) in [5, 5.41) is 0.783. The highest BCUT2D eigenvalue weighted by Crippen LogP contribution is 2.24. The Labute approximate surface area is 162 Å². The maximum absolute atomic E-state index is 12.4. The summed E-state index contributed by atoms with van der Waals surface area (Å²) in [6.07, 6.45) is 1.73. The topological polar surface area (TPSA) is 81.9 Å². The van der Waals surface area contributed by atoms with E-state index in [2.05, 4.69) is 4.98 Å². The summed E-state index contributed by atoms with van der Waals surface area (Å²) in [5.41, 5.74) is 2.61. The predicted molar refractivity (Wildman–Crippen MR) is 105 cm³/mol. The van der Waals surface area contributed by atoms with Crippen LogP contribution in [0.1, 0.15) is 16.8 Å². The maximum Gasteiger partial charge on any atom is 0.336 e. The van der Waals surface area contributed by atoms with E-state index in [1.165, 1.54) is 6.07 Å². The molecular formula is C21H22N2O5. The van der Waals surface area contributed by atoms with Gasteiger partial charge in [-0.3, -0.25) is 9.78 Å². The van der Waals surface area contributed by atoms with Crippen LogP contribution < -0.4 is 15.1 Å². The molecule has 2 aromatic heterocycles. The van der Waals surface area contributed by atoms with E-state index < -0.39 is 5.63 Å². The fourth-order valence-electron chi connectivity index (χ4n) is 2.93. The molecule has 0 aliphatic heterocycles. The number of benzene rings is 1. The van der Waals surface area contributed by atoms with Gasteiger partial charge in [0.2, 0.25) is 0 Å². The Morgan fingerprint density at radius 1 is 1.21 bits per heavy atom. The van der Waals surface area contributed by atoms with Crippen molar-refractivity contribution in [2.45, 2.75) is 20.4 Å². The number of methoxy groups -OCH3 is 1. The molecule has 0 aliphatic rings. The van der Waals surface area contributed by atoms with E-state index in [1.54, 1.807) is 49.5 Å². The molecule has 2 heterocycles. The molecule has 7 nitrogen and oxygen atoms in total. The molecule has 1 amide bonds. The predicted octanol–water partition coefficient (Wildman–Crippen LogP) is 2.85. The van der Waals surface area contributed by atoms with E-state index in [9.17, 15) is 9.59 Å². The van der Waals surface area contributed by atoms with E-state index >= 15 is 0 Å². The number of carbonyl (C=O) groups is 1. The molecule has 0 atom stereocenters. The highest BCUT2D eigenvalue weighted by Gasteiger charge is 2.15. The molecule has 0 saturated carbocycles. The summed E-state index contributed by atoms with van der Waals surface area (Å²) in [4.78, 5) is 29.7. The Morgan fingerprint density at radius 2 is 1.96 bits per heavy atom. The van der Waals surface area contributed by atoms with Gasteiger partial charge in [0.15, 0.2) is 6.61 Å². The first-order chi connectivity index (χ1) is 13.4. The molecule has 0 saturated heterocycles. The van der Waals surface area contributed by atoms with E-state index in [-0.39, 0.29) is 12.5 Å². The number of rotatable bonds is 6. The Bertz CT molecular complexity index is 1070. The van der Waals surface area contributed by atoms with Gasteiger partial charge < -0.3 is 18.8 Å². The van der Waals surface area contributed by atoms with Crippen LogP contribution in [-0.2, 0) is 11.3 Å². The second kappa shape index (κ2) is 8.12. The summed E-state index contributed by atoms with van der Waals surface area (Å²) in [7, 11) is 3.31. The fraction of sp³-hybridized carbons (Fsp3) is 0.286. The van der Waals surface area contributed by atoms with Crippen molar-refractivity contribution in [1.82, 2.24) is 9.88 Å². The lowest BCUT2D eigenvalue weighted by atomic mass is 10.1. The van der Waals surface area contributed by atoms with Crippen LogP contribution in [0.2, 0.25) is 0 Å². The maximum atomic E-state index is 12.4. The molecule has 3 aromatic rings. The molecule has 0 unspecified atom stereocenters. The summed E-state index contributed by atoms with van der Waals surface area (Å²) in [6, 6.07) is 8.13. The lowest BCUT2D eigenvalue weighted by molar-refractivity contribution is -0.132. The molecule has 0 spiro atoms. The van der Waals surface area contributed by atoms with Crippen LogP contribution in [0.25, 0.3) is 11.0 Å². The standard InChI is InChI=1S/C21H22N2O5/c1-13-10-22-17(14(2)21(13)26-4)11-23(3)19(24)12-27-16-7-5-15-6-8-20(25)28-18(15)9-16/h5-10H,11-12H2,1-4H3. The van der Waals surface area contributed by atoms with Gasteiger partial charge in [-0.15, -0.1) is 0 Å². The SMILES string of the molecule is COc1c(C)cnc(CN(C)C(=O)COc2ccc3ccc(=O)oc3c2)c1C. The van der Waals surface area contributed by atoms with Crippen molar-refractivity contribution in [3.8, 4) is 11.5 Å². The Hall–Kier alpha value is -3.35. The number of carbonyl (C=O) groups excluding carboxylic acids is 1. The summed E-state index contributed by atoms with van der Waals surface area (Å²) in [6.45, 7) is 4.06. The van der Waals surface area contributed by atoms with Crippen LogP contribution in [0.3, 0.4) is 0 Å². The lowest BCUT2D eigenvalue weighted by Crippen LogP contribution is -2.31. The van der Waals surface area contributed by atoms with Gasteiger partial charge in [-0.05, 0) is 32.0 Å². The second-order valence-corrected chi connectivity index (χ2v) is 6.54. The molecule has 0 N–H and O–H groups in total. The fourth-order valence-corrected chi connectivity index (χ4v) is 2.93. The van der Waals surface area contributed by atoms with Crippen molar-refractivity contribution in [2.24, 2.45) is 0 Å². The number of likely N-dealkylation sites (N-methyl/N-ethyl adjacent to an activating group) is 1. The molecular weight excluding hydrogens is 360 g/mol. The molecule has 0 fully saturated rings. The van der Waals surface area contributed by atoms with Crippen LogP contribution >= 0.6 is 0 Å². The van der Waals surface area contributed by atoms with E-state index in [0.29, 0.717) is 17.9 Å². The summed E-state index contributed by atoms with van der Waals surface area (Å²) in [5.74, 6) is 1.03. The van der Waals surface area contributed by atoms with Crippen LogP contribution in [0, 0.1) is 13.8 Å². The molecule has 0 radical (unpaired) electrons. The minimum atomic E-state index is -0.433. The quantitative estimate of drug-likeness (QED) is 0.610. The molecule has 3 rings (SSSR count). The average Bonchev–Trinajstić information content (AvgIpc) is 2.68. The second-order valence-electron chi connectivity index (χ2n) is 6.54. The molecule has 0 aliphatic carbocycles. The Kier molecular flexibility index (Phi) is 5.63. The molecule has 1 aromatic carbocycles. The first-order valence-electron chi connectivity index (χ1n) is 8.79. The number of amides is 1. The minimum Gasteiger partial charge on any atom is -0.496 e. The molecule has 28 heavy (non-hydrogen) atoms. The lowest BCUT2D eigenvalue weighted by Gasteiger charge is -2.19. The first kappa shape index (κ1) is 19.4. The van der Waals surface area contributed by atoms with Gasteiger partial charge in [0.1, 0.15) is 17.1 Å². The Balaban J connectivity index is 1.66. The van der Waals surface area contributed by atoms with Gasteiger partial charge in [-0.1, -0.05) is 0 Å². The van der Waals surface area contributed by atoms with Crippen LogP contribution in [-0.4, -0.2) is 36.6 Å². The smallest absolute Gasteiger partial charge is 0.336 e. The molecule has 0 bridgehead atoms. The van der Waals surface area contributed by atoms with Gasteiger partial charge in [0, 0.05) is 41.9 Å². The number of aryl methyl sites for hydroxylation is 1. The number of ether oxygens (including phenoxy) is 2. The van der Waals surface area contributed by atoms with Crippen LogP contribution in [0.4, 0.5) is 0 Å². The van der Waals surface area contributed by atoms with E-state index in [1.807, 2.05) is 13.8 Å². The Morgan fingerprint density at radius 3 is 2.71 bits per heavy atom. The first-order valence-corrected chi connectivity index (χ1v) is 8.79. The van der Waals surface area contributed by atoms with Crippen molar-refractivity contribution in [2.75, 3.05) is 20.8 Å². The van der Waals surface area contributed by atoms with Crippen molar-refractivity contribution in [3.63, 3.8) is 0 Å². The number of nitrogens with zero attached hydrogens (tertiary/aromatic N) is 2. The minimum absolute atomic E-state index is 0.138. The summed E-state index contributed by atoms with van der Waals surface area (Å²) >= 11 is 0. The van der Waals surface area contributed by atoms with Gasteiger partial charge >= 0.3 is 5.63 Å². The van der Waals surface area contributed by atoms with E-state index in [0.717, 1.165) is 28.0 Å². The van der Waals surface area contributed by atoms with E-state index in [4.69, 9.17) is 13.9 Å². The van der Waals surface area contributed by atoms with Crippen LogP contribution in [0.5, 0.6) is 11.5 Å². The highest BCUT2D eigenvalue weighted by atomic mass is 16.5. The normalized spacial score (nSPS) is 10.7. The third kappa shape index (κ3) is 4.14. The third-order valence-corrected chi connectivity index (χ3v) is 4.52. The van der Waals surface area contributed by atoms with Crippen molar-refractivity contribution >= 4 is 16.9 Å². The van der Waals surface area contributed by atoms with Crippen molar-refractivity contribution in [3.05, 3.63) is 63.8 Å².